The van der Waals surface area contributed by atoms with Crippen LogP contribution in [0.5, 0.6) is 0 Å². The maximum Gasteiger partial charge on any atom is 0.268 e. The van der Waals surface area contributed by atoms with Gasteiger partial charge in [0.1, 0.15) is 5.69 Å². The zero-order chi connectivity index (χ0) is 18.8. The summed E-state index contributed by atoms with van der Waals surface area (Å²) in [5.74, 6) is -0.719. The van der Waals surface area contributed by atoms with E-state index in [2.05, 4.69) is 15.3 Å². The molecule has 0 aliphatic carbocycles. The van der Waals surface area contributed by atoms with Crippen LogP contribution in [0.3, 0.4) is 0 Å². The second-order valence-electron chi connectivity index (χ2n) is 6.36. The average molecular weight is 355 g/mol. The van der Waals surface area contributed by atoms with E-state index in [0.29, 0.717) is 12.1 Å². The van der Waals surface area contributed by atoms with Crippen molar-refractivity contribution in [1.29, 1.82) is 0 Å². The SMILES string of the molecule is CC(=O)Nc1ccc2c([C@H](O)CC(C)n3cnc(C(N)=O)c3)c[nH]c2c1. The van der Waals surface area contributed by atoms with Crippen LogP contribution in [0.15, 0.2) is 36.9 Å². The van der Waals surface area contributed by atoms with Crippen molar-refractivity contribution in [1.82, 2.24) is 14.5 Å². The lowest BCUT2D eigenvalue weighted by Gasteiger charge is -2.17. The van der Waals surface area contributed by atoms with Gasteiger partial charge in [-0.25, -0.2) is 4.98 Å². The summed E-state index contributed by atoms with van der Waals surface area (Å²) in [7, 11) is 0. The van der Waals surface area contributed by atoms with Gasteiger partial charge in [0.25, 0.3) is 5.91 Å². The number of fused-ring (bicyclic) bond motifs is 1. The van der Waals surface area contributed by atoms with Crippen molar-refractivity contribution in [2.45, 2.75) is 32.4 Å². The lowest BCUT2D eigenvalue weighted by Crippen LogP contribution is -2.12. The molecule has 0 aliphatic rings. The molecule has 2 aromatic heterocycles. The number of aromatic amines is 1. The lowest BCUT2D eigenvalue weighted by atomic mass is 10.0. The number of rotatable bonds is 6. The fraction of sp³-hybridized carbons (Fsp3) is 0.278. The van der Waals surface area contributed by atoms with Gasteiger partial charge in [0.05, 0.1) is 12.4 Å². The molecule has 0 aliphatic heterocycles. The maximum atomic E-state index is 11.2. The zero-order valence-electron chi connectivity index (χ0n) is 14.6. The molecule has 2 atom stereocenters. The molecule has 0 spiro atoms. The van der Waals surface area contributed by atoms with Crippen LogP contribution in [-0.2, 0) is 4.79 Å². The van der Waals surface area contributed by atoms with Gasteiger partial charge in [0.2, 0.25) is 5.91 Å². The molecule has 0 saturated carbocycles. The smallest absolute Gasteiger partial charge is 0.268 e. The van der Waals surface area contributed by atoms with Crippen LogP contribution in [0.4, 0.5) is 5.69 Å². The van der Waals surface area contributed by atoms with E-state index in [1.807, 2.05) is 19.1 Å². The summed E-state index contributed by atoms with van der Waals surface area (Å²) in [6.07, 6.45) is 4.61. The summed E-state index contributed by atoms with van der Waals surface area (Å²) in [6, 6.07) is 5.41. The third-order valence-electron chi connectivity index (χ3n) is 4.32. The number of hydrogen-bond donors (Lipinski definition) is 4. The average Bonchev–Trinajstić information content (AvgIpc) is 3.21. The number of H-pyrrole nitrogens is 1. The first-order valence-electron chi connectivity index (χ1n) is 8.25. The first-order chi connectivity index (χ1) is 12.3. The van der Waals surface area contributed by atoms with E-state index in [9.17, 15) is 14.7 Å². The highest BCUT2D eigenvalue weighted by atomic mass is 16.3. The molecule has 0 saturated heterocycles. The number of amides is 2. The Balaban J connectivity index is 1.77. The molecule has 0 bridgehead atoms. The van der Waals surface area contributed by atoms with E-state index in [1.54, 1.807) is 23.0 Å². The van der Waals surface area contributed by atoms with Gasteiger partial charge in [0, 0.05) is 47.5 Å². The predicted molar refractivity (Wildman–Crippen MR) is 97.6 cm³/mol. The van der Waals surface area contributed by atoms with Gasteiger partial charge in [-0.15, -0.1) is 0 Å². The first-order valence-corrected chi connectivity index (χ1v) is 8.25. The zero-order valence-corrected chi connectivity index (χ0v) is 14.6. The summed E-state index contributed by atoms with van der Waals surface area (Å²) < 4.78 is 1.76. The number of nitrogens with zero attached hydrogens (tertiary/aromatic N) is 2. The Kier molecular flexibility index (Phi) is 4.77. The third kappa shape index (κ3) is 3.60. The number of carbonyl (C=O) groups excluding carboxylic acids is 2. The largest absolute Gasteiger partial charge is 0.388 e. The third-order valence-corrected chi connectivity index (χ3v) is 4.32. The van der Waals surface area contributed by atoms with E-state index in [4.69, 9.17) is 5.73 Å². The topological polar surface area (TPSA) is 126 Å². The fourth-order valence-electron chi connectivity index (χ4n) is 2.98. The van der Waals surface area contributed by atoms with Crippen molar-refractivity contribution in [2.24, 2.45) is 5.73 Å². The van der Waals surface area contributed by atoms with Gasteiger partial charge in [-0.2, -0.15) is 0 Å². The molecule has 3 aromatic rings. The minimum atomic E-state index is -0.704. The van der Waals surface area contributed by atoms with Crippen molar-refractivity contribution in [3.63, 3.8) is 0 Å². The second kappa shape index (κ2) is 7.01. The van der Waals surface area contributed by atoms with Crippen LogP contribution in [0.25, 0.3) is 10.9 Å². The van der Waals surface area contributed by atoms with Gasteiger partial charge in [-0.1, -0.05) is 6.07 Å². The normalized spacial score (nSPS) is 13.5. The van der Waals surface area contributed by atoms with Crippen molar-refractivity contribution in [3.8, 4) is 0 Å². The Morgan fingerprint density at radius 2 is 2.19 bits per heavy atom. The van der Waals surface area contributed by atoms with Crippen LogP contribution >= 0.6 is 0 Å². The predicted octanol–water partition coefficient (Wildman–Crippen LogP) is 2.11. The van der Waals surface area contributed by atoms with Crippen molar-refractivity contribution >= 4 is 28.4 Å². The Bertz CT molecular complexity index is 959. The first kappa shape index (κ1) is 17.7. The molecular formula is C18H21N5O3. The van der Waals surface area contributed by atoms with E-state index in [0.717, 1.165) is 16.5 Å². The number of primary amides is 1. The second-order valence-corrected chi connectivity index (χ2v) is 6.36. The monoisotopic (exact) mass is 355 g/mol. The molecule has 8 heteroatoms. The lowest BCUT2D eigenvalue weighted by molar-refractivity contribution is -0.114. The highest BCUT2D eigenvalue weighted by molar-refractivity contribution is 5.93. The van der Waals surface area contributed by atoms with Gasteiger partial charge < -0.3 is 25.7 Å². The van der Waals surface area contributed by atoms with Crippen LogP contribution in [-0.4, -0.2) is 31.5 Å². The molecule has 3 rings (SSSR count). The van der Waals surface area contributed by atoms with Gasteiger partial charge in [0.15, 0.2) is 0 Å². The number of imidazole rings is 1. The summed E-state index contributed by atoms with van der Waals surface area (Å²) in [5.41, 5.74) is 7.71. The molecule has 2 heterocycles. The highest BCUT2D eigenvalue weighted by Gasteiger charge is 2.18. The Labute approximate surface area is 150 Å². The minimum Gasteiger partial charge on any atom is -0.388 e. The van der Waals surface area contributed by atoms with E-state index < -0.39 is 12.0 Å². The number of benzene rings is 1. The molecule has 1 aromatic carbocycles. The molecule has 5 N–H and O–H groups in total. The Morgan fingerprint density at radius 1 is 1.42 bits per heavy atom. The number of aliphatic hydroxyl groups excluding tert-OH is 1. The van der Waals surface area contributed by atoms with Crippen LogP contribution < -0.4 is 11.1 Å². The molecular weight excluding hydrogens is 334 g/mol. The number of nitrogens with one attached hydrogen (secondary N) is 2. The van der Waals surface area contributed by atoms with E-state index in [-0.39, 0.29) is 17.6 Å². The molecule has 1 unspecified atom stereocenters. The molecule has 26 heavy (non-hydrogen) atoms. The number of nitrogens with two attached hydrogens (primary N) is 1. The quantitative estimate of drug-likeness (QED) is 0.540. The number of hydrogen-bond acceptors (Lipinski definition) is 4. The Hall–Kier alpha value is -3.13. The fourth-order valence-corrected chi connectivity index (χ4v) is 2.98. The molecule has 2 amide bonds. The standard InChI is InChI=1S/C18H21N5O3/c1-10(23-8-16(18(19)26)21-9-23)5-17(25)14-7-20-15-6-12(22-11(2)24)3-4-13(14)15/h3-4,6-10,17,20,25H,5H2,1-2H3,(H2,19,26)(H,22,24)/t10?,17-/m1/s1. The highest BCUT2D eigenvalue weighted by Crippen LogP contribution is 2.31. The van der Waals surface area contributed by atoms with E-state index >= 15 is 0 Å². The van der Waals surface area contributed by atoms with Gasteiger partial charge in [-0.3, -0.25) is 9.59 Å². The molecule has 8 nitrogen and oxygen atoms in total. The van der Waals surface area contributed by atoms with Crippen LogP contribution in [0, 0.1) is 0 Å². The van der Waals surface area contributed by atoms with Crippen LogP contribution in [0.1, 0.15) is 48.5 Å². The van der Waals surface area contributed by atoms with Gasteiger partial charge in [-0.05, 0) is 25.5 Å². The van der Waals surface area contributed by atoms with Crippen molar-refractivity contribution < 1.29 is 14.7 Å². The summed E-state index contributed by atoms with van der Waals surface area (Å²) in [6.45, 7) is 3.38. The number of aromatic nitrogens is 3. The molecule has 136 valence electrons. The number of carbonyl (C=O) groups is 2. The number of aliphatic hydroxyl groups is 1. The summed E-state index contributed by atoms with van der Waals surface area (Å²) in [5, 5.41) is 14.3. The van der Waals surface area contributed by atoms with Crippen molar-refractivity contribution in [3.05, 3.63) is 48.2 Å². The Morgan fingerprint density at radius 3 is 2.85 bits per heavy atom. The van der Waals surface area contributed by atoms with Crippen molar-refractivity contribution in [2.75, 3.05) is 5.32 Å². The van der Waals surface area contributed by atoms with E-state index in [1.165, 1.54) is 13.3 Å². The minimum absolute atomic E-state index is 0.0748. The summed E-state index contributed by atoms with van der Waals surface area (Å²) in [4.78, 5) is 29.4. The maximum absolute atomic E-state index is 11.2. The van der Waals surface area contributed by atoms with Crippen LogP contribution in [0.2, 0.25) is 0 Å². The molecule has 0 fully saturated rings. The number of anilines is 1. The summed E-state index contributed by atoms with van der Waals surface area (Å²) >= 11 is 0. The van der Waals surface area contributed by atoms with Gasteiger partial charge >= 0.3 is 0 Å². The molecule has 0 radical (unpaired) electrons.